The van der Waals surface area contributed by atoms with Gasteiger partial charge in [0.15, 0.2) is 0 Å². The molecule has 1 N–H and O–H groups in total. The maximum absolute atomic E-state index is 13.2. The standard InChI is InChI=1S/C34H54N2O5/c1-4-27-21-30-23-29-13-11-12-28(39-29)20-25(2)15-16-26(3)32(41-33(37)24-31(22-27)40-30)14-7-5-6-8-17-35-34(38)36-18-9-10-19-36/h4,7,14-16,25-26,28-32H,5-6,8-13,17-24H2,1-3H3,(H,35,38). The molecule has 3 saturated heterocycles. The number of rotatable bonds is 6. The van der Waals surface area contributed by atoms with E-state index in [9.17, 15) is 9.59 Å². The molecule has 0 aliphatic carbocycles. The van der Waals surface area contributed by atoms with Crippen LogP contribution >= 0.6 is 0 Å². The first-order valence-corrected chi connectivity index (χ1v) is 16.4. The molecular formula is C34H54N2O5. The molecule has 0 aromatic heterocycles. The lowest BCUT2D eigenvalue weighted by molar-refractivity contribution is -0.154. The van der Waals surface area contributed by atoms with Gasteiger partial charge in [-0.25, -0.2) is 4.79 Å². The van der Waals surface area contributed by atoms with Crippen molar-refractivity contribution in [1.82, 2.24) is 10.2 Å². The molecule has 4 aliphatic rings. The second-order valence-electron chi connectivity index (χ2n) is 12.7. The number of urea groups is 1. The highest BCUT2D eigenvalue weighted by atomic mass is 16.5. The van der Waals surface area contributed by atoms with E-state index in [4.69, 9.17) is 14.2 Å². The third-order valence-corrected chi connectivity index (χ3v) is 9.09. The quantitative estimate of drug-likeness (QED) is 0.214. The zero-order valence-corrected chi connectivity index (χ0v) is 25.7. The van der Waals surface area contributed by atoms with Crippen molar-refractivity contribution in [2.45, 2.75) is 135 Å². The van der Waals surface area contributed by atoms with Crippen molar-refractivity contribution in [3.8, 4) is 0 Å². The molecule has 3 fully saturated rings. The molecule has 0 aromatic rings. The van der Waals surface area contributed by atoms with Gasteiger partial charge in [-0.3, -0.25) is 4.79 Å². The highest BCUT2D eigenvalue weighted by molar-refractivity contribution is 5.74. The zero-order chi connectivity index (χ0) is 29.0. The first kappa shape index (κ1) is 31.8. The Morgan fingerprint density at radius 3 is 2.46 bits per heavy atom. The number of nitrogens with zero attached hydrogens (tertiary/aromatic N) is 1. The molecule has 7 nitrogen and oxygen atoms in total. The molecule has 0 spiro atoms. The lowest BCUT2D eigenvalue weighted by Gasteiger charge is -2.37. The molecule has 2 amide bonds. The minimum absolute atomic E-state index is 0.0653. The Kier molecular flexibility index (Phi) is 12.8. The molecule has 0 aromatic carbocycles. The van der Waals surface area contributed by atoms with Crippen LogP contribution < -0.4 is 5.32 Å². The monoisotopic (exact) mass is 570 g/mol. The predicted octanol–water partition coefficient (Wildman–Crippen LogP) is 6.87. The van der Waals surface area contributed by atoms with Gasteiger partial charge in [0.05, 0.1) is 30.8 Å². The van der Waals surface area contributed by atoms with Gasteiger partial charge in [0.1, 0.15) is 6.10 Å². The van der Waals surface area contributed by atoms with Crippen LogP contribution in [0, 0.1) is 11.8 Å². The summed E-state index contributed by atoms with van der Waals surface area (Å²) >= 11 is 0. The number of carbonyl (C=O) groups is 2. The summed E-state index contributed by atoms with van der Waals surface area (Å²) in [6, 6.07) is 0.0653. The van der Waals surface area contributed by atoms with E-state index in [-0.39, 0.29) is 48.8 Å². The average Bonchev–Trinajstić information content (AvgIpc) is 3.49. The molecule has 41 heavy (non-hydrogen) atoms. The van der Waals surface area contributed by atoms with Crippen molar-refractivity contribution in [2.24, 2.45) is 11.8 Å². The van der Waals surface area contributed by atoms with Crippen LogP contribution in [0.1, 0.15) is 104 Å². The van der Waals surface area contributed by atoms with Crippen LogP contribution in [0.25, 0.3) is 0 Å². The smallest absolute Gasteiger partial charge is 0.317 e. The fourth-order valence-corrected chi connectivity index (χ4v) is 6.67. The zero-order valence-electron chi connectivity index (χ0n) is 25.7. The van der Waals surface area contributed by atoms with Crippen LogP contribution in [0.15, 0.2) is 36.0 Å². The fraction of sp³-hybridized carbons (Fsp3) is 0.765. The predicted molar refractivity (Wildman–Crippen MR) is 163 cm³/mol. The number of allylic oxidation sites excluding steroid dienone is 3. The van der Waals surface area contributed by atoms with Gasteiger partial charge in [0.2, 0.25) is 0 Å². The Morgan fingerprint density at radius 2 is 1.68 bits per heavy atom. The largest absolute Gasteiger partial charge is 0.457 e. The lowest BCUT2D eigenvalue weighted by atomic mass is 9.90. The third-order valence-electron chi connectivity index (χ3n) is 9.09. The number of hydrogen-bond donors (Lipinski definition) is 1. The van der Waals surface area contributed by atoms with Crippen molar-refractivity contribution in [1.29, 1.82) is 0 Å². The van der Waals surface area contributed by atoms with Crippen molar-refractivity contribution < 1.29 is 23.8 Å². The SMILES string of the molecule is CC=C1CC2CC(=O)OC(C=CCCCCNC(=O)N3CCCC3)C(C)C=CC(C)CC3CCCC(CC(C1)O2)O3. The molecule has 4 bridgehead atoms. The van der Waals surface area contributed by atoms with Crippen LogP contribution in [0.3, 0.4) is 0 Å². The van der Waals surface area contributed by atoms with E-state index in [1.807, 2.05) is 4.90 Å². The highest BCUT2D eigenvalue weighted by Gasteiger charge is 2.32. The summed E-state index contributed by atoms with van der Waals surface area (Å²) in [6.45, 7) is 8.91. The average molecular weight is 571 g/mol. The van der Waals surface area contributed by atoms with Gasteiger partial charge >= 0.3 is 12.0 Å². The van der Waals surface area contributed by atoms with E-state index in [0.717, 1.165) is 83.7 Å². The molecule has 0 saturated carbocycles. The Morgan fingerprint density at radius 1 is 0.951 bits per heavy atom. The third kappa shape index (κ3) is 10.6. The number of unbranched alkanes of at least 4 members (excludes halogenated alkanes) is 2. The summed E-state index contributed by atoms with van der Waals surface area (Å²) in [5, 5.41) is 3.04. The Hall–Kier alpha value is -2.12. The second-order valence-corrected chi connectivity index (χ2v) is 12.7. The number of nitrogens with one attached hydrogen (secondary N) is 1. The maximum Gasteiger partial charge on any atom is 0.317 e. The van der Waals surface area contributed by atoms with E-state index in [1.54, 1.807) is 0 Å². The first-order valence-electron chi connectivity index (χ1n) is 16.4. The van der Waals surface area contributed by atoms with Crippen molar-refractivity contribution >= 4 is 12.0 Å². The molecule has 7 atom stereocenters. The van der Waals surface area contributed by atoms with Crippen LogP contribution in [0.2, 0.25) is 0 Å². The van der Waals surface area contributed by atoms with Gasteiger partial charge in [-0.05, 0) is 89.5 Å². The molecule has 4 rings (SSSR count). The molecule has 7 heteroatoms. The Bertz CT molecular complexity index is 924. The van der Waals surface area contributed by atoms with Crippen molar-refractivity contribution in [3.63, 3.8) is 0 Å². The number of amides is 2. The van der Waals surface area contributed by atoms with Crippen molar-refractivity contribution in [2.75, 3.05) is 19.6 Å². The van der Waals surface area contributed by atoms with E-state index in [0.29, 0.717) is 18.6 Å². The lowest BCUT2D eigenvalue weighted by Crippen LogP contribution is -2.38. The Labute approximate surface area is 248 Å². The van der Waals surface area contributed by atoms with Gasteiger partial charge in [-0.1, -0.05) is 43.7 Å². The summed E-state index contributed by atoms with van der Waals surface area (Å²) in [6.07, 6.45) is 23.4. The van der Waals surface area contributed by atoms with Gasteiger partial charge < -0.3 is 24.4 Å². The molecule has 7 unspecified atom stereocenters. The fourth-order valence-electron chi connectivity index (χ4n) is 6.67. The number of ether oxygens (including phenoxy) is 3. The minimum atomic E-state index is -0.315. The topological polar surface area (TPSA) is 77.1 Å². The van der Waals surface area contributed by atoms with Crippen LogP contribution in [0.4, 0.5) is 4.79 Å². The summed E-state index contributed by atoms with van der Waals surface area (Å²) in [5.74, 6) is 0.270. The molecule has 4 heterocycles. The molecule has 0 radical (unpaired) electrons. The molecule has 230 valence electrons. The second kappa shape index (κ2) is 16.5. The Balaban J connectivity index is 1.34. The highest BCUT2D eigenvalue weighted by Crippen LogP contribution is 2.33. The summed E-state index contributed by atoms with van der Waals surface area (Å²) in [7, 11) is 0. The van der Waals surface area contributed by atoms with Gasteiger partial charge in [0, 0.05) is 32.0 Å². The van der Waals surface area contributed by atoms with Crippen LogP contribution in [0.5, 0.6) is 0 Å². The summed E-state index contributed by atoms with van der Waals surface area (Å²) in [4.78, 5) is 27.2. The van der Waals surface area contributed by atoms with E-state index >= 15 is 0 Å². The van der Waals surface area contributed by atoms with Gasteiger partial charge in [0.25, 0.3) is 0 Å². The van der Waals surface area contributed by atoms with Crippen LogP contribution in [-0.4, -0.2) is 67.1 Å². The van der Waals surface area contributed by atoms with Gasteiger partial charge in [-0.2, -0.15) is 0 Å². The number of cyclic esters (lactones) is 1. The summed E-state index contributed by atoms with van der Waals surface area (Å²) in [5.41, 5.74) is 1.37. The van der Waals surface area contributed by atoms with E-state index in [2.05, 4.69) is 56.5 Å². The normalized spacial score (nSPS) is 34.6. The molecule has 4 aliphatic heterocycles. The van der Waals surface area contributed by atoms with Gasteiger partial charge in [-0.15, -0.1) is 0 Å². The maximum atomic E-state index is 13.2. The van der Waals surface area contributed by atoms with E-state index in [1.165, 1.54) is 12.0 Å². The number of esters is 1. The minimum Gasteiger partial charge on any atom is -0.457 e. The number of hydrogen-bond acceptors (Lipinski definition) is 5. The first-order chi connectivity index (χ1) is 19.9. The van der Waals surface area contributed by atoms with Crippen molar-refractivity contribution in [3.05, 3.63) is 36.0 Å². The number of carbonyl (C=O) groups excluding carboxylic acids is 2. The number of likely N-dealkylation sites (tertiary alicyclic amines) is 1. The number of fused-ring (bicyclic) bond motifs is 4. The molecular weight excluding hydrogens is 516 g/mol. The summed E-state index contributed by atoms with van der Waals surface area (Å²) < 4.78 is 19.1. The van der Waals surface area contributed by atoms with E-state index < -0.39 is 0 Å². The van der Waals surface area contributed by atoms with Crippen LogP contribution in [-0.2, 0) is 19.0 Å².